The van der Waals surface area contributed by atoms with Crippen molar-refractivity contribution in [1.29, 1.82) is 0 Å². The molecule has 0 radical (unpaired) electrons. The van der Waals surface area contributed by atoms with Gasteiger partial charge in [0.1, 0.15) is 10.6 Å². The molecule has 1 aromatic rings. The van der Waals surface area contributed by atoms with E-state index < -0.39 is 15.6 Å². The van der Waals surface area contributed by atoms with Gasteiger partial charge in [0.15, 0.2) is 5.76 Å². The van der Waals surface area contributed by atoms with E-state index in [0.29, 0.717) is 18.5 Å². The van der Waals surface area contributed by atoms with Crippen LogP contribution >= 0.6 is 0 Å². The molecule has 1 fully saturated rings. The fraction of sp³-hybridized carbons (Fsp3) is 0.700. The quantitative estimate of drug-likeness (QED) is 0.849. The third kappa shape index (κ3) is 1.78. The van der Waals surface area contributed by atoms with Gasteiger partial charge in [-0.3, -0.25) is 0 Å². The third-order valence-electron chi connectivity index (χ3n) is 3.38. The molecule has 1 aromatic heterocycles. The second kappa shape index (κ2) is 3.79. The van der Waals surface area contributed by atoms with Gasteiger partial charge in [0.05, 0.1) is 12.1 Å². The topological polar surface area (TPSA) is 83.6 Å². The lowest BCUT2D eigenvalue weighted by Gasteiger charge is -2.25. The summed E-state index contributed by atoms with van der Waals surface area (Å²) in [6, 6.07) is 0. The zero-order chi connectivity index (χ0) is 12.8. The van der Waals surface area contributed by atoms with Crippen LogP contribution in [0.4, 0.5) is 0 Å². The van der Waals surface area contributed by atoms with Crippen LogP contribution in [0.25, 0.3) is 0 Å². The smallest absolute Gasteiger partial charge is 0.248 e. The number of aryl methyl sites for hydroxylation is 2. The van der Waals surface area contributed by atoms with Crippen molar-refractivity contribution in [1.82, 2.24) is 9.46 Å². The highest BCUT2D eigenvalue weighted by Crippen LogP contribution is 2.43. The van der Waals surface area contributed by atoms with E-state index in [1.807, 2.05) is 0 Å². The van der Waals surface area contributed by atoms with Crippen LogP contribution in [0.3, 0.4) is 0 Å². The van der Waals surface area contributed by atoms with E-state index in [9.17, 15) is 13.5 Å². The molecule has 1 aliphatic rings. The SMILES string of the molecule is Cc1noc(C)c1S(=O)(=O)N(C)C1(CO)CC1. The Kier molecular flexibility index (Phi) is 2.80. The molecule has 0 spiro atoms. The van der Waals surface area contributed by atoms with Crippen LogP contribution in [0.1, 0.15) is 24.3 Å². The van der Waals surface area contributed by atoms with Crippen molar-refractivity contribution in [2.75, 3.05) is 13.7 Å². The first-order valence-electron chi connectivity index (χ1n) is 5.38. The first-order chi connectivity index (χ1) is 7.85. The fourth-order valence-corrected chi connectivity index (χ4v) is 3.79. The minimum Gasteiger partial charge on any atom is -0.394 e. The third-order valence-corrected chi connectivity index (χ3v) is 5.58. The second-order valence-corrected chi connectivity index (χ2v) is 6.41. The molecular weight excluding hydrogens is 244 g/mol. The minimum absolute atomic E-state index is 0.111. The summed E-state index contributed by atoms with van der Waals surface area (Å²) in [7, 11) is -2.16. The van der Waals surface area contributed by atoms with Crippen LogP contribution in [0.5, 0.6) is 0 Å². The van der Waals surface area contributed by atoms with Gasteiger partial charge >= 0.3 is 0 Å². The van der Waals surface area contributed by atoms with Gasteiger partial charge in [-0.25, -0.2) is 8.42 Å². The summed E-state index contributed by atoms with van der Waals surface area (Å²) in [4.78, 5) is 0.111. The molecule has 2 rings (SSSR count). The molecular formula is C10H16N2O4S. The summed E-state index contributed by atoms with van der Waals surface area (Å²) in [5, 5.41) is 12.9. The number of rotatable bonds is 4. The van der Waals surface area contributed by atoms with E-state index in [4.69, 9.17) is 4.52 Å². The number of likely N-dealkylation sites (N-methyl/N-ethyl adjacent to an activating group) is 1. The monoisotopic (exact) mass is 260 g/mol. The average Bonchev–Trinajstić information content (AvgIpc) is 2.99. The Balaban J connectivity index is 2.44. The summed E-state index contributed by atoms with van der Waals surface area (Å²) in [5.41, 5.74) is -0.280. The van der Waals surface area contributed by atoms with Gasteiger partial charge in [-0.15, -0.1) is 0 Å². The summed E-state index contributed by atoms with van der Waals surface area (Å²) >= 11 is 0. The lowest BCUT2D eigenvalue weighted by atomic mass is 10.3. The van der Waals surface area contributed by atoms with Gasteiger partial charge in [-0.05, 0) is 26.7 Å². The lowest BCUT2D eigenvalue weighted by molar-refractivity contribution is 0.187. The van der Waals surface area contributed by atoms with E-state index in [1.165, 1.54) is 11.4 Å². The van der Waals surface area contributed by atoms with Crippen molar-refractivity contribution in [3.05, 3.63) is 11.5 Å². The Morgan fingerprint density at radius 2 is 2.06 bits per heavy atom. The van der Waals surface area contributed by atoms with Crippen molar-refractivity contribution < 1.29 is 18.0 Å². The molecule has 0 bridgehead atoms. The molecule has 0 amide bonds. The van der Waals surface area contributed by atoms with Gasteiger partial charge < -0.3 is 9.63 Å². The van der Waals surface area contributed by atoms with Crippen LogP contribution in [0.15, 0.2) is 9.42 Å². The number of hydrogen-bond acceptors (Lipinski definition) is 5. The van der Waals surface area contributed by atoms with E-state index in [2.05, 4.69) is 5.16 Å². The minimum atomic E-state index is -3.65. The molecule has 1 heterocycles. The second-order valence-electron chi connectivity index (χ2n) is 4.51. The molecule has 1 aliphatic carbocycles. The first-order valence-corrected chi connectivity index (χ1v) is 6.82. The summed E-state index contributed by atoms with van der Waals surface area (Å²) in [6.07, 6.45) is 1.37. The van der Waals surface area contributed by atoms with Gasteiger partial charge in [0, 0.05) is 7.05 Å². The number of hydrogen-bond donors (Lipinski definition) is 1. The van der Waals surface area contributed by atoms with E-state index >= 15 is 0 Å². The van der Waals surface area contributed by atoms with Gasteiger partial charge in [-0.1, -0.05) is 5.16 Å². The summed E-state index contributed by atoms with van der Waals surface area (Å²) < 4.78 is 30.9. The maximum absolute atomic E-state index is 12.4. The van der Waals surface area contributed by atoms with Crippen molar-refractivity contribution in [3.63, 3.8) is 0 Å². The molecule has 0 aromatic carbocycles. The lowest BCUT2D eigenvalue weighted by Crippen LogP contribution is -2.41. The number of nitrogens with zero attached hydrogens (tertiary/aromatic N) is 2. The maximum atomic E-state index is 12.4. The summed E-state index contributed by atoms with van der Waals surface area (Å²) in [5.74, 6) is 0.281. The van der Waals surface area contributed by atoms with Crippen LogP contribution in [0, 0.1) is 13.8 Å². The average molecular weight is 260 g/mol. The molecule has 6 nitrogen and oxygen atoms in total. The van der Waals surface area contributed by atoms with Crippen LogP contribution in [-0.2, 0) is 10.0 Å². The number of sulfonamides is 1. The molecule has 1 saturated carbocycles. The Bertz CT molecular complexity index is 511. The molecule has 0 saturated heterocycles. The van der Waals surface area contributed by atoms with Gasteiger partial charge in [-0.2, -0.15) is 4.31 Å². The highest BCUT2D eigenvalue weighted by Gasteiger charge is 2.51. The Morgan fingerprint density at radius 3 is 2.41 bits per heavy atom. The maximum Gasteiger partial charge on any atom is 0.248 e. The Hall–Kier alpha value is -0.920. The van der Waals surface area contributed by atoms with Crippen molar-refractivity contribution in [2.45, 2.75) is 37.1 Å². The highest BCUT2D eigenvalue weighted by atomic mass is 32.2. The zero-order valence-electron chi connectivity index (χ0n) is 10.1. The number of aliphatic hydroxyl groups excluding tert-OH is 1. The first kappa shape index (κ1) is 12.5. The molecule has 1 N–H and O–H groups in total. The fourth-order valence-electron chi connectivity index (χ4n) is 1.95. The van der Waals surface area contributed by atoms with E-state index in [1.54, 1.807) is 13.8 Å². The standard InChI is InChI=1S/C10H16N2O4S/c1-7-9(8(2)16-11-7)17(14,15)12(3)10(6-13)4-5-10/h13H,4-6H2,1-3H3. The van der Waals surface area contributed by atoms with Crippen LogP contribution < -0.4 is 0 Å². The molecule has 7 heteroatoms. The number of aliphatic hydroxyl groups is 1. The molecule has 96 valence electrons. The van der Waals surface area contributed by atoms with E-state index in [0.717, 1.165) is 0 Å². The largest absolute Gasteiger partial charge is 0.394 e. The van der Waals surface area contributed by atoms with Crippen LogP contribution in [-0.4, -0.2) is 42.2 Å². The normalized spacial score (nSPS) is 18.6. The van der Waals surface area contributed by atoms with Crippen molar-refractivity contribution in [3.8, 4) is 0 Å². The molecule has 0 aliphatic heterocycles. The summed E-state index contributed by atoms with van der Waals surface area (Å²) in [6.45, 7) is 3.00. The molecule has 17 heavy (non-hydrogen) atoms. The van der Waals surface area contributed by atoms with Crippen molar-refractivity contribution >= 4 is 10.0 Å². The zero-order valence-corrected chi connectivity index (χ0v) is 10.9. The van der Waals surface area contributed by atoms with Crippen LogP contribution in [0.2, 0.25) is 0 Å². The Morgan fingerprint density at radius 1 is 1.47 bits per heavy atom. The van der Waals surface area contributed by atoms with E-state index in [-0.39, 0.29) is 17.3 Å². The van der Waals surface area contributed by atoms with Crippen molar-refractivity contribution in [2.24, 2.45) is 0 Å². The molecule has 0 unspecified atom stereocenters. The predicted molar refractivity (Wildman–Crippen MR) is 60.0 cm³/mol. The highest BCUT2D eigenvalue weighted by molar-refractivity contribution is 7.89. The molecule has 0 atom stereocenters. The van der Waals surface area contributed by atoms with Gasteiger partial charge in [0.25, 0.3) is 0 Å². The predicted octanol–water partition coefficient (Wildman–Crippen LogP) is 0.437. The van der Waals surface area contributed by atoms with Gasteiger partial charge in [0.2, 0.25) is 10.0 Å². The number of aromatic nitrogens is 1. The Labute approximate surface area is 100 Å².